The first-order valence-corrected chi connectivity index (χ1v) is 12.0. The molecule has 0 aliphatic carbocycles. The van der Waals surface area contributed by atoms with Crippen molar-refractivity contribution >= 4 is 29.0 Å². The van der Waals surface area contributed by atoms with Gasteiger partial charge in [0.2, 0.25) is 5.78 Å². The van der Waals surface area contributed by atoms with Gasteiger partial charge >= 0.3 is 0 Å². The van der Waals surface area contributed by atoms with Crippen molar-refractivity contribution in [3.8, 4) is 0 Å². The van der Waals surface area contributed by atoms with Crippen LogP contribution in [-0.2, 0) is 4.79 Å². The second-order valence-corrected chi connectivity index (χ2v) is 11.6. The van der Waals surface area contributed by atoms with E-state index < -0.39 is 12.7 Å². The van der Waals surface area contributed by atoms with Crippen LogP contribution in [0.1, 0.15) is 34.1 Å². The Hall–Kier alpha value is -2.50. The van der Waals surface area contributed by atoms with Gasteiger partial charge in [0.1, 0.15) is 28.5 Å². The molecule has 0 aromatic heterocycles. The van der Waals surface area contributed by atoms with E-state index in [0.717, 1.165) is 11.7 Å². The maximum atomic E-state index is 13.9. The van der Waals surface area contributed by atoms with Crippen molar-refractivity contribution in [1.82, 2.24) is 0 Å². The summed E-state index contributed by atoms with van der Waals surface area (Å²) in [6, 6.07) is 31.8. The summed E-state index contributed by atoms with van der Waals surface area (Å²) in [5.74, 6) is 0.226. The van der Waals surface area contributed by atoms with Crippen LogP contribution in [-0.4, -0.2) is 5.78 Å². The minimum absolute atomic E-state index is 0.226. The predicted molar refractivity (Wildman–Crippen MR) is 128 cm³/mol. The van der Waals surface area contributed by atoms with Crippen LogP contribution in [0, 0.1) is 5.41 Å². The Morgan fingerprint density at radius 3 is 1.34 bits per heavy atom. The molecule has 0 amide bonds. The van der Waals surface area contributed by atoms with Crippen LogP contribution < -0.4 is 15.9 Å². The summed E-state index contributed by atoms with van der Waals surface area (Å²) in [6.45, 7) is 8.18. The molecule has 3 rings (SSSR count). The Labute approximate surface area is 175 Å². The minimum atomic E-state index is -2.32. The van der Waals surface area contributed by atoms with Crippen molar-refractivity contribution < 1.29 is 4.79 Å². The lowest BCUT2D eigenvalue weighted by molar-refractivity contribution is -0.121. The van der Waals surface area contributed by atoms with Crippen LogP contribution in [0.25, 0.3) is 0 Å². The first-order chi connectivity index (χ1) is 13.9. The summed E-state index contributed by atoms with van der Waals surface area (Å²) in [7, 11) is -2.32. The Bertz CT molecular complexity index is 871. The molecular weight excluding hydrogens is 371 g/mol. The summed E-state index contributed by atoms with van der Waals surface area (Å²) in [4.78, 5) is 13.9. The van der Waals surface area contributed by atoms with Gasteiger partial charge < -0.3 is 0 Å². The molecule has 0 aliphatic heterocycles. The van der Waals surface area contributed by atoms with Crippen molar-refractivity contribution in [2.24, 2.45) is 5.41 Å². The van der Waals surface area contributed by atoms with E-state index in [9.17, 15) is 4.79 Å². The second kappa shape index (κ2) is 8.89. The summed E-state index contributed by atoms with van der Waals surface area (Å²) < 4.78 is 0. The van der Waals surface area contributed by atoms with Gasteiger partial charge in [-0.25, -0.2) is 0 Å². The van der Waals surface area contributed by atoms with Gasteiger partial charge in [-0.15, -0.1) is 0 Å². The molecule has 0 atom stereocenters. The average molecular weight is 402 g/mol. The summed E-state index contributed by atoms with van der Waals surface area (Å²) in [5, 5.41) is 4.61. The van der Waals surface area contributed by atoms with Crippen molar-refractivity contribution in [1.29, 1.82) is 0 Å². The molecule has 1 nitrogen and oxygen atoms in total. The van der Waals surface area contributed by atoms with Crippen LogP contribution in [0.3, 0.4) is 0 Å². The molecule has 3 aromatic rings. The minimum Gasteiger partial charge on any atom is -0.290 e. The lowest BCUT2D eigenvalue weighted by atomic mass is 9.90. The lowest BCUT2D eigenvalue weighted by Crippen LogP contribution is -2.37. The van der Waals surface area contributed by atoms with Gasteiger partial charge in [-0.05, 0) is 48.9 Å². The van der Waals surface area contributed by atoms with Gasteiger partial charge in [0, 0.05) is 5.41 Å². The fourth-order valence-corrected chi connectivity index (χ4v) is 8.46. The van der Waals surface area contributed by atoms with E-state index in [-0.39, 0.29) is 5.78 Å². The highest BCUT2D eigenvalue weighted by atomic mass is 31.2. The number of hydrogen-bond acceptors (Lipinski definition) is 1. The van der Waals surface area contributed by atoms with Crippen molar-refractivity contribution in [2.45, 2.75) is 34.1 Å². The van der Waals surface area contributed by atoms with Gasteiger partial charge in [-0.1, -0.05) is 82.3 Å². The number of allylic oxidation sites excluding steroid dienone is 2. The van der Waals surface area contributed by atoms with Crippen LogP contribution in [0.4, 0.5) is 0 Å². The molecule has 0 radical (unpaired) electrons. The van der Waals surface area contributed by atoms with Crippen molar-refractivity contribution in [3.63, 3.8) is 0 Å². The molecule has 0 saturated heterocycles. The molecule has 148 valence electrons. The van der Waals surface area contributed by atoms with Gasteiger partial charge in [0.25, 0.3) is 0 Å². The molecule has 2 heteroatoms. The second-order valence-electron chi connectivity index (χ2n) is 8.25. The largest absolute Gasteiger partial charge is 0.290 e. The standard InChI is InChI=1S/C27H30OP/c1-5-15-25(26(28)27(2,3)4)29(22-16-9-6-10-17-22,23-18-11-7-12-19-23)24-20-13-8-14-21-24/h6-21H,5H2,1-4H3/q+1/b25-15+. The maximum Gasteiger partial charge on any atom is 0.203 e. The summed E-state index contributed by atoms with van der Waals surface area (Å²) in [6.07, 6.45) is 3.00. The Morgan fingerprint density at radius 2 is 1.07 bits per heavy atom. The van der Waals surface area contributed by atoms with Gasteiger partial charge in [-0.2, -0.15) is 0 Å². The number of rotatable bonds is 6. The SMILES string of the molecule is CC/C=C(\C(=O)C(C)(C)C)[P+](c1ccccc1)(c1ccccc1)c1ccccc1. The highest BCUT2D eigenvalue weighted by Crippen LogP contribution is 2.63. The predicted octanol–water partition coefficient (Wildman–Crippen LogP) is 5.89. The molecule has 0 fully saturated rings. The molecule has 0 aliphatic rings. The molecule has 0 bridgehead atoms. The van der Waals surface area contributed by atoms with Crippen LogP contribution >= 0.6 is 7.26 Å². The first kappa shape index (κ1) is 21.2. The van der Waals surface area contributed by atoms with Gasteiger partial charge in [0.15, 0.2) is 0 Å². The van der Waals surface area contributed by atoms with Crippen LogP contribution in [0.5, 0.6) is 0 Å². The molecule has 0 saturated carbocycles. The molecule has 0 N–H and O–H groups in total. The van der Waals surface area contributed by atoms with Gasteiger partial charge in [-0.3, -0.25) is 4.79 Å². The van der Waals surface area contributed by atoms with E-state index in [0.29, 0.717) is 0 Å². The summed E-state index contributed by atoms with van der Waals surface area (Å²) in [5.41, 5.74) is -0.454. The average Bonchev–Trinajstić information content (AvgIpc) is 2.75. The Kier molecular flexibility index (Phi) is 6.50. The first-order valence-electron chi connectivity index (χ1n) is 10.2. The van der Waals surface area contributed by atoms with Gasteiger partial charge in [0.05, 0.1) is 0 Å². The van der Waals surface area contributed by atoms with E-state index in [1.54, 1.807) is 0 Å². The summed E-state index contributed by atoms with van der Waals surface area (Å²) >= 11 is 0. The zero-order valence-corrected chi connectivity index (χ0v) is 18.7. The van der Waals surface area contributed by atoms with E-state index in [4.69, 9.17) is 0 Å². The third-order valence-electron chi connectivity index (χ3n) is 5.10. The smallest absolute Gasteiger partial charge is 0.203 e. The number of hydrogen-bond donors (Lipinski definition) is 0. The molecular formula is C27H30OP+. The zero-order chi connectivity index (χ0) is 20.9. The monoisotopic (exact) mass is 401 g/mol. The van der Waals surface area contributed by atoms with Crippen LogP contribution in [0.2, 0.25) is 0 Å². The topological polar surface area (TPSA) is 17.1 Å². The van der Waals surface area contributed by atoms with Crippen molar-refractivity contribution in [2.75, 3.05) is 0 Å². The quantitative estimate of drug-likeness (QED) is 0.372. The molecule has 3 aromatic carbocycles. The van der Waals surface area contributed by atoms with Crippen molar-refractivity contribution in [3.05, 3.63) is 102 Å². The normalized spacial score (nSPS) is 12.6. The van der Waals surface area contributed by atoms with E-state index in [1.807, 2.05) is 39.0 Å². The van der Waals surface area contributed by atoms with E-state index in [2.05, 4.69) is 85.8 Å². The molecule has 0 unspecified atom stereocenters. The van der Waals surface area contributed by atoms with E-state index >= 15 is 0 Å². The Morgan fingerprint density at radius 1 is 0.724 bits per heavy atom. The highest BCUT2D eigenvalue weighted by molar-refractivity contribution is 7.99. The fourth-order valence-electron chi connectivity index (χ4n) is 3.78. The van der Waals surface area contributed by atoms with E-state index in [1.165, 1.54) is 15.9 Å². The molecule has 29 heavy (non-hydrogen) atoms. The number of Topliss-reactive ketones (excluding diaryl/α,β-unsaturated/α-hetero) is 1. The Balaban J connectivity index is 2.49. The number of benzene rings is 3. The molecule has 0 spiro atoms. The number of ketones is 1. The highest BCUT2D eigenvalue weighted by Gasteiger charge is 2.53. The zero-order valence-electron chi connectivity index (χ0n) is 17.8. The molecule has 0 heterocycles. The third-order valence-corrected chi connectivity index (χ3v) is 9.43. The number of carbonyl (C=O) groups is 1. The third kappa shape index (κ3) is 4.11. The number of carbonyl (C=O) groups excluding carboxylic acids is 1. The fraction of sp³-hybridized carbons (Fsp3) is 0.222. The van der Waals surface area contributed by atoms with Crippen LogP contribution in [0.15, 0.2) is 102 Å². The lowest BCUT2D eigenvalue weighted by Gasteiger charge is -2.31. The maximum absolute atomic E-state index is 13.9.